The van der Waals surface area contributed by atoms with Gasteiger partial charge in [-0.05, 0) is 37.3 Å². The summed E-state index contributed by atoms with van der Waals surface area (Å²) in [4.78, 5) is 12.6. The SMILES string of the molecule is Cc1c(S(=O)(=O)NC(=O)C2CCCc3ccccc32)cnn1C. The highest BCUT2D eigenvalue weighted by molar-refractivity contribution is 7.90. The van der Waals surface area contributed by atoms with Crippen molar-refractivity contribution < 1.29 is 13.2 Å². The molecule has 23 heavy (non-hydrogen) atoms. The van der Waals surface area contributed by atoms with Crippen molar-refractivity contribution in [2.45, 2.75) is 37.0 Å². The molecule has 0 fully saturated rings. The van der Waals surface area contributed by atoms with Crippen LogP contribution in [-0.2, 0) is 28.3 Å². The van der Waals surface area contributed by atoms with Gasteiger partial charge in [0.2, 0.25) is 5.91 Å². The summed E-state index contributed by atoms with van der Waals surface area (Å²) in [5, 5.41) is 3.92. The van der Waals surface area contributed by atoms with Crippen LogP contribution in [0.2, 0.25) is 0 Å². The van der Waals surface area contributed by atoms with Crippen molar-refractivity contribution in [3.05, 3.63) is 47.3 Å². The summed E-state index contributed by atoms with van der Waals surface area (Å²) in [7, 11) is -2.24. The van der Waals surface area contributed by atoms with E-state index in [4.69, 9.17) is 0 Å². The molecule has 2 aromatic rings. The normalized spacial score (nSPS) is 17.6. The molecule has 7 heteroatoms. The van der Waals surface area contributed by atoms with Crippen LogP contribution in [0, 0.1) is 6.92 Å². The summed E-state index contributed by atoms with van der Waals surface area (Å²) in [6.45, 7) is 1.65. The van der Waals surface area contributed by atoms with Crippen molar-refractivity contribution in [1.29, 1.82) is 0 Å². The van der Waals surface area contributed by atoms with Gasteiger partial charge >= 0.3 is 0 Å². The minimum Gasteiger partial charge on any atom is -0.273 e. The third kappa shape index (κ3) is 2.88. The topological polar surface area (TPSA) is 81.1 Å². The van der Waals surface area contributed by atoms with Crippen molar-refractivity contribution in [1.82, 2.24) is 14.5 Å². The summed E-state index contributed by atoms with van der Waals surface area (Å²) in [6, 6.07) is 7.72. The fraction of sp³-hybridized carbons (Fsp3) is 0.375. The quantitative estimate of drug-likeness (QED) is 0.926. The molecule has 1 aromatic carbocycles. The number of carbonyl (C=O) groups is 1. The number of hydrogen-bond donors (Lipinski definition) is 1. The lowest BCUT2D eigenvalue weighted by molar-refractivity contribution is -0.121. The van der Waals surface area contributed by atoms with Crippen LogP contribution >= 0.6 is 0 Å². The summed E-state index contributed by atoms with van der Waals surface area (Å²) >= 11 is 0. The number of amides is 1. The first-order valence-corrected chi connectivity index (χ1v) is 9.01. The van der Waals surface area contributed by atoms with Gasteiger partial charge in [-0.3, -0.25) is 9.48 Å². The predicted octanol–water partition coefficient (Wildman–Crippen LogP) is 1.65. The molecule has 0 saturated heterocycles. The monoisotopic (exact) mass is 333 g/mol. The van der Waals surface area contributed by atoms with Crippen molar-refractivity contribution >= 4 is 15.9 Å². The molecule has 3 rings (SSSR count). The van der Waals surface area contributed by atoms with Gasteiger partial charge in [0.05, 0.1) is 17.8 Å². The van der Waals surface area contributed by atoms with Gasteiger partial charge in [0.1, 0.15) is 4.90 Å². The minimum absolute atomic E-state index is 0.0393. The van der Waals surface area contributed by atoms with Crippen LogP contribution in [0.15, 0.2) is 35.4 Å². The van der Waals surface area contributed by atoms with E-state index in [1.54, 1.807) is 14.0 Å². The maximum absolute atomic E-state index is 12.6. The van der Waals surface area contributed by atoms with Crippen LogP contribution in [0.1, 0.15) is 35.6 Å². The molecular formula is C16H19N3O3S. The van der Waals surface area contributed by atoms with E-state index in [0.29, 0.717) is 12.1 Å². The van der Waals surface area contributed by atoms with Gasteiger partial charge in [-0.25, -0.2) is 13.1 Å². The molecule has 1 aliphatic rings. The summed E-state index contributed by atoms with van der Waals surface area (Å²) < 4.78 is 28.6. The summed E-state index contributed by atoms with van der Waals surface area (Å²) in [5.74, 6) is -0.896. The van der Waals surface area contributed by atoms with E-state index in [1.807, 2.05) is 24.3 Å². The molecule has 1 N–H and O–H groups in total. The molecule has 122 valence electrons. The predicted molar refractivity (Wildman–Crippen MR) is 85.4 cm³/mol. The lowest BCUT2D eigenvalue weighted by atomic mass is 9.82. The number of nitrogens with one attached hydrogen (secondary N) is 1. The molecule has 0 bridgehead atoms. The van der Waals surface area contributed by atoms with E-state index in [-0.39, 0.29) is 4.90 Å². The van der Waals surface area contributed by atoms with E-state index in [2.05, 4.69) is 9.82 Å². The Morgan fingerprint density at radius 3 is 2.78 bits per heavy atom. The third-order valence-electron chi connectivity index (χ3n) is 4.40. The zero-order valence-corrected chi connectivity index (χ0v) is 13.9. The van der Waals surface area contributed by atoms with Crippen LogP contribution in [0.4, 0.5) is 0 Å². The second-order valence-electron chi connectivity index (χ2n) is 5.83. The Kier molecular flexibility index (Phi) is 3.97. The molecule has 0 aliphatic heterocycles. The third-order valence-corrected chi connectivity index (χ3v) is 5.85. The Labute approximate surface area is 135 Å². The number of fused-ring (bicyclic) bond motifs is 1. The van der Waals surface area contributed by atoms with Crippen LogP contribution in [0.3, 0.4) is 0 Å². The maximum Gasteiger partial charge on any atom is 0.267 e. The largest absolute Gasteiger partial charge is 0.273 e. The first-order valence-electron chi connectivity index (χ1n) is 7.53. The molecule has 0 saturated carbocycles. The van der Waals surface area contributed by atoms with Crippen molar-refractivity contribution in [3.8, 4) is 0 Å². The van der Waals surface area contributed by atoms with Crippen molar-refractivity contribution in [2.24, 2.45) is 7.05 Å². The average Bonchev–Trinajstić information content (AvgIpc) is 2.86. The number of nitrogens with zero attached hydrogens (tertiary/aromatic N) is 2. The number of aromatic nitrogens is 2. The lowest BCUT2D eigenvalue weighted by Gasteiger charge is -2.24. The minimum atomic E-state index is -3.90. The number of hydrogen-bond acceptors (Lipinski definition) is 4. The second-order valence-corrected chi connectivity index (χ2v) is 7.48. The Hall–Kier alpha value is -2.15. The van der Waals surface area contributed by atoms with Gasteiger partial charge in [0.15, 0.2) is 0 Å². The van der Waals surface area contributed by atoms with Gasteiger partial charge in [-0.1, -0.05) is 24.3 Å². The molecule has 1 aromatic heterocycles. The average molecular weight is 333 g/mol. The maximum atomic E-state index is 12.6. The van der Waals surface area contributed by atoms with E-state index < -0.39 is 21.8 Å². The number of benzene rings is 1. The van der Waals surface area contributed by atoms with Crippen LogP contribution in [0.5, 0.6) is 0 Å². The fourth-order valence-electron chi connectivity index (χ4n) is 3.03. The first kappa shape index (κ1) is 15.7. The molecule has 1 unspecified atom stereocenters. The van der Waals surface area contributed by atoms with E-state index >= 15 is 0 Å². The van der Waals surface area contributed by atoms with Crippen molar-refractivity contribution in [3.63, 3.8) is 0 Å². The molecule has 6 nitrogen and oxygen atoms in total. The number of carbonyl (C=O) groups excluding carboxylic acids is 1. The van der Waals surface area contributed by atoms with Gasteiger partial charge in [-0.2, -0.15) is 5.10 Å². The lowest BCUT2D eigenvalue weighted by Crippen LogP contribution is -2.36. The van der Waals surface area contributed by atoms with Crippen LogP contribution < -0.4 is 4.72 Å². The van der Waals surface area contributed by atoms with Crippen molar-refractivity contribution in [2.75, 3.05) is 0 Å². The standard InChI is InChI=1S/C16H19N3O3S/c1-11-15(10-17-19(11)2)23(21,22)18-16(20)14-9-5-7-12-6-3-4-8-13(12)14/h3-4,6,8,10,14H,5,7,9H2,1-2H3,(H,18,20). The Bertz CT molecular complexity index is 855. The van der Waals surface area contributed by atoms with E-state index in [9.17, 15) is 13.2 Å². The Balaban J connectivity index is 1.87. The molecule has 0 radical (unpaired) electrons. The molecule has 1 aliphatic carbocycles. The van der Waals surface area contributed by atoms with Gasteiger partial charge in [0, 0.05) is 7.05 Å². The van der Waals surface area contributed by atoms with Crippen LogP contribution in [0.25, 0.3) is 0 Å². The highest BCUT2D eigenvalue weighted by atomic mass is 32.2. The molecule has 1 atom stereocenters. The van der Waals surface area contributed by atoms with Crippen LogP contribution in [-0.4, -0.2) is 24.1 Å². The van der Waals surface area contributed by atoms with Gasteiger partial charge in [-0.15, -0.1) is 0 Å². The Morgan fingerprint density at radius 1 is 1.35 bits per heavy atom. The summed E-state index contributed by atoms with van der Waals surface area (Å²) in [6.07, 6.45) is 3.72. The second kappa shape index (κ2) is 5.81. The van der Waals surface area contributed by atoms with Gasteiger partial charge < -0.3 is 0 Å². The number of sulfonamides is 1. The van der Waals surface area contributed by atoms with Gasteiger partial charge in [0.25, 0.3) is 10.0 Å². The highest BCUT2D eigenvalue weighted by Crippen LogP contribution is 2.32. The smallest absolute Gasteiger partial charge is 0.267 e. The highest BCUT2D eigenvalue weighted by Gasteiger charge is 2.30. The first-order chi connectivity index (χ1) is 10.9. The zero-order valence-electron chi connectivity index (χ0n) is 13.1. The zero-order chi connectivity index (χ0) is 16.6. The molecule has 1 amide bonds. The number of aryl methyl sites for hydroxylation is 2. The van der Waals surface area contributed by atoms with E-state index in [0.717, 1.165) is 24.0 Å². The number of rotatable bonds is 3. The van der Waals surface area contributed by atoms with E-state index in [1.165, 1.54) is 10.9 Å². The Morgan fingerprint density at radius 2 is 2.09 bits per heavy atom. The summed E-state index contributed by atoms with van der Waals surface area (Å²) in [5.41, 5.74) is 2.54. The molecule has 0 spiro atoms. The molecule has 1 heterocycles. The fourth-order valence-corrected chi connectivity index (χ4v) is 4.25. The molecular weight excluding hydrogens is 314 g/mol.